The summed E-state index contributed by atoms with van der Waals surface area (Å²) in [7, 11) is 0. The highest BCUT2D eigenvalue weighted by atomic mass is 127. The lowest BCUT2D eigenvalue weighted by Gasteiger charge is -2.12. The molecular formula is C19H25ClIN3O3. The number of benzene rings is 1. The maximum Gasteiger partial charge on any atom is 0.191 e. The molecule has 0 atom stereocenters. The van der Waals surface area contributed by atoms with Crippen LogP contribution in [0.2, 0.25) is 5.02 Å². The number of guanidine groups is 1. The molecule has 2 N–H and O–H groups in total. The van der Waals surface area contributed by atoms with Crippen molar-refractivity contribution >= 4 is 41.5 Å². The van der Waals surface area contributed by atoms with Crippen molar-refractivity contribution in [1.82, 2.24) is 10.6 Å². The van der Waals surface area contributed by atoms with Gasteiger partial charge in [0.05, 0.1) is 31.0 Å². The molecule has 0 bridgehead atoms. The Morgan fingerprint density at radius 1 is 1.22 bits per heavy atom. The summed E-state index contributed by atoms with van der Waals surface area (Å²) in [5.41, 5.74) is 0.975. The van der Waals surface area contributed by atoms with E-state index in [9.17, 15) is 0 Å². The first-order chi connectivity index (χ1) is 12.8. The van der Waals surface area contributed by atoms with E-state index in [0.717, 1.165) is 43.2 Å². The Balaban J connectivity index is 0.00000261. The van der Waals surface area contributed by atoms with Crippen LogP contribution in [0.15, 0.2) is 39.9 Å². The van der Waals surface area contributed by atoms with E-state index in [2.05, 4.69) is 15.6 Å². The molecule has 0 unspecified atom stereocenters. The zero-order valence-corrected chi connectivity index (χ0v) is 18.4. The number of rotatable bonds is 6. The number of ether oxygens (including phenoxy) is 2. The monoisotopic (exact) mass is 505 g/mol. The van der Waals surface area contributed by atoms with Gasteiger partial charge in [0.1, 0.15) is 5.76 Å². The van der Waals surface area contributed by atoms with Crippen LogP contribution < -0.4 is 20.1 Å². The van der Waals surface area contributed by atoms with Gasteiger partial charge < -0.3 is 24.5 Å². The third-order valence-corrected chi connectivity index (χ3v) is 4.15. The van der Waals surface area contributed by atoms with Crippen LogP contribution in [0.25, 0.3) is 0 Å². The van der Waals surface area contributed by atoms with Crippen molar-refractivity contribution < 1.29 is 13.9 Å². The molecule has 0 aliphatic carbocycles. The molecule has 0 saturated carbocycles. The van der Waals surface area contributed by atoms with Crippen LogP contribution in [-0.4, -0.2) is 32.3 Å². The smallest absolute Gasteiger partial charge is 0.191 e. The topological polar surface area (TPSA) is 68.0 Å². The Labute approximate surface area is 181 Å². The number of fused-ring (bicyclic) bond motifs is 1. The van der Waals surface area contributed by atoms with E-state index in [1.807, 2.05) is 31.2 Å². The lowest BCUT2D eigenvalue weighted by atomic mass is 10.2. The molecule has 0 spiro atoms. The Hall–Kier alpha value is -1.61. The summed E-state index contributed by atoms with van der Waals surface area (Å²) in [5, 5.41) is 7.11. The summed E-state index contributed by atoms with van der Waals surface area (Å²) >= 11 is 6.34. The first-order valence-electron chi connectivity index (χ1n) is 8.89. The number of nitrogens with one attached hydrogen (secondary N) is 2. The van der Waals surface area contributed by atoms with Crippen molar-refractivity contribution in [3.05, 3.63) is 46.9 Å². The fourth-order valence-electron chi connectivity index (χ4n) is 2.65. The molecule has 148 valence electrons. The molecule has 1 aromatic heterocycles. The average molecular weight is 506 g/mol. The van der Waals surface area contributed by atoms with Crippen LogP contribution in [0.1, 0.15) is 24.7 Å². The fraction of sp³-hybridized carbons (Fsp3) is 0.421. The normalized spacial score (nSPS) is 13.5. The van der Waals surface area contributed by atoms with Crippen molar-refractivity contribution in [3.63, 3.8) is 0 Å². The molecule has 6 nitrogen and oxygen atoms in total. The van der Waals surface area contributed by atoms with Crippen LogP contribution in [-0.2, 0) is 13.0 Å². The zero-order valence-electron chi connectivity index (χ0n) is 15.3. The standard InChI is InChI=1S/C19H24ClN3O3.HI/c1-2-21-19(22-7-6-15-5-3-8-24-15)23-13-14-11-16(20)18-17(12-14)25-9-4-10-26-18;/h3,5,8,11-12H,2,4,6-7,9-10,13H2,1H3,(H2,21,22,23);1H. The molecule has 1 aliphatic rings. The van der Waals surface area contributed by atoms with Crippen molar-refractivity contribution in [1.29, 1.82) is 0 Å². The lowest BCUT2D eigenvalue weighted by Crippen LogP contribution is -2.38. The summed E-state index contributed by atoms with van der Waals surface area (Å²) in [6, 6.07) is 7.68. The second-order valence-corrected chi connectivity index (χ2v) is 6.31. The van der Waals surface area contributed by atoms with Gasteiger partial charge in [0, 0.05) is 25.9 Å². The minimum absolute atomic E-state index is 0. The van der Waals surface area contributed by atoms with Gasteiger partial charge in [-0.25, -0.2) is 4.99 Å². The molecule has 3 rings (SSSR count). The third kappa shape index (κ3) is 6.49. The molecule has 1 aliphatic heterocycles. The van der Waals surface area contributed by atoms with Crippen molar-refractivity contribution in [3.8, 4) is 11.5 Å². The Morgan fingerprint density at radius 3 is 2.85 bits per heavy atom. The van der Waals surface area contributed by atoms with Crippen LogP contribution in [0.3, 0.4) is 0 Å². The summed E-state index contributed by atoms with van der Waals surface area (Å²) in [6.45, 7) is 5.30. The van der Waals surface area contributed by atoms with Crippen molar-refractivity contribution in [2.45, 2.75) is 26.3 Å². The van der Waals surface area contributed by atoms with Gasteiger partial charge in [0.15, 0.2) is 17.5 Å². The highest BCUT2D eigenvalue weighted by Crippen LogP contribution is 2.38. The van der Waals surface area contributed by atoms with Crippen LogP contribution >= 0.6 is 35.6 Å². The largest absolute Gasteiger partial charge is 0.489 e. The van der Waals surface area contributed by atoms with Crippen LogP contribution in [0, 0.1) is 0 Å². The molecule has 2 aromatic rings. The number of furan rings is 1. The second-order valence-electron chi connectivity index (χ2n) is 5.91. The maximum atomic E-state index is 6.34. The van der Waals surface area contributed by atoms with Crippen molar-refractivity contribution in [2.75, 3.05) is 26.3 Å². The SMILES string of the molecule is CCNC(=NCc1cc(Cl)c2c(c1)OCCCO2)NCCc1ccco1.I. The molecule has 1 aromatic carbocycles. The van der Waals surface area contributed by atoms with Crippen LogP contribution in [0.4, 0.5) is 0 Å². The van der Waals surface area contributed by atoms with Crippen LogP contribution in [0.5, 0.6) is 11.5 Å². The highest BCUT2D eigenvalue weighted by Gasteiger charge is 2.15. The average Bonchev–Trinajstić information content (AvgIpc) is 3.03. The second kappa shape index (κ2) is 11.3. The van der Waals surface area contributed by atoms with Gasteiger partial charge in [-0.2, -0.15) is 0 Å². The fourth-order valence-corrected chi connectivity index (χ4v) is 2.93. The minimum atomic E-state index is 0. The molecule has 2 heterocycles. The molecule has 0 amide bonds. The molecule has 8 heteroatoms. The Bertz CT molecular complexity index is 738. The summed E-state index contributed by atoms with van der Waals surface area (Å²) < 4.78 is 16.7. The molecule has 0 radical (unpaired) electrons. The molecule has 0 saturated heterocycles. The van der Waals surface area contributed by atoms with E-state index in [1.165, 1.54) is 0 Å². The van der Waals surface area contributed by atoms with Gasteiger partial charge in [-0.15, -0.1) is 24.0 Å². The predicted molar refractivity (Wildman–Crippen MR) is 118 cm³/mol. The predicted octanol–water partition coefficient (Wildman–Crippen LogP) is 4.01. The van der Waals surface area contributed by atoms with Gasteiger partial charge >= 0.3 is 0 Å². The summed E-state index contributed by atoms with van der Waals surface area (Å²) in [4.78, 5) is 4.62. The number of hydrogen-bond acceptors (Lipinski definition) is 4. The van der Waals surface area contributed by atoms with Gasteiger partial charge in [0.2, 0.25) is 0 Å². The Kier molecular flexibility index (Phi) is 9.06. The first kappa shape index (κ1) is 21.7. The molecule has 0 fully saturated rings. The van der Waals surface area contributed by atoms with E-state index >= 15 is 0 Å². The van der Waals surface area contributed by atoms with E-state index in [4.69, 9.17) is 25.5 Å². The van der Waals surface area contributed by atoms with E-state index in [1.54, 1.807) is 6.26 Å². The quantitative estimate of drug-likeness (QED) is 0.353. The van der Waals surface area contributed by atoms with E-state index < -0.39 is 0 Å². The lowest BCUT2D eigenvalue weighted by molar-refractivity contribution is 0.297. The summed E-state index contributed by atoms with van der Waals surface area (Å²) in [5.74, 6) is 3.02. The van der Waals surface area contributed by atoms with Gasteiger partial charge in [-0.3, -0.25) is 0 Å². The Morgan fingerprint density at radius 2 is 2.07 bits per heavy atom. The molecular weight excluding hydrogens is 481 g/mol. The third-order valence-electron chi connectivity index (χ3n) is 3.87. The minimum Gasteiger partial charge on any atom is -0.489 e. The van der Waals surface area contributed by atoms with E-state index in [0.29, 0.717) is 36.3 Å². The maximum absolute atomic E-state index is 6.34. The number of nitrogens with zero attached hydrogens (tertiary/aromatic N) is 1. The zero-order chi connectivity index (χ0) is 18.2. The number of hydrogen-bond donors (Lipinski definition) is 2. The van der Waals surface area contributed by atoms with Gasteiger partial charge in [-0.05, 0) is 36.8 Å². The first-order valence-corrected chi connectivity index (χ1v) is 9.26. The number of halogens is 2. The van der Waals surface area contributed by atoms with Crippen molar-refractivity contribution in [2.24, 2.45) is 4.99 Å². The van der Waals surface area contributed by atoms with Gasteiger partial charge in [0.25, 0.3) is 0 Å². The molecule has 27 heavy (non-hydrogen) atoms. The van der Waals surface area contributed by atoms with E-state index in [-0.39, 0.29) is 24.0 Å². The highest BCUT2D eigenvalue weighted by molar-refractivity contribution is 14.0. The van der Waals surface area contributed by atoms with Gasteiger partial charge in [-0.1, -0.05) is 11.6 Å². The number of aliphatic imine (C=N–C) groups is 1. The summed E-state index contributed by atoms with van der Waals surface area (Å²) in [6.07, 6.45) is 3.33.